The number of rotatable bonds is 5. The van der Waals surface area contributed by atoms with Crippen molar-refractivity contribution in [1.82, 2.24) is 4.90 Å². The second kappa shape index (κ2) is 6.91. The van der Waals surface area contributed by atoms with E-state index in [1.54, 1.807) is 0 Å². The van der Waals surface area contributed by atoms with Gasteiger partial charge >= 0.3 is 0 Å². The van der Waals surface area contributed by atoms with E-state index in [-0.39, 0.29) is 0 Å². The number of hydrogen-bond acceptors (Lipinski definition) is 1. The lowest BCUT2D eigenvalue weighted by Crippen LogP contribution is -2.29. The van der Waals surface area contributed by atoms with E-state index in [0.29, 0.717) is 5.92 Å². The first kappa shape index (κ1) is 14.3. The Hall–Kier alpha value is -1.60. The average Bonchev–Trinajstić information content (AvgIpc) is 2.95. The average molecular weight is 279 g/mol. The molecule has 1 aliphatic heterocycles. The van der Waals surface area contributed by atoms with Crippen LogP contribution in [0.15, 0.2) is 60.7 Å². The molecular weight excluding hydrogens is 254 g/mol. The summed E-state index contributed by atoms with van der Waals surface area (Å²) in [5.41, 5.74) is 2.88. The highest BCUT2D eigenvalue weighted by Crippen LogP contribution is 2.29. The molecule has 0 aromatic heterocycles. The fraction of sp³-hybridized carbons (Fsp3) is 0.400. The van der Waals surface area contributed by atoms with Crippen LogP contribution in [0.5, 0.6) is 0 Å². The Kier molecular flexibility index (Phi) is 4.72. The minimum Gasteiger partial charge on any atom is -0.301 e. The lowest BCUT2D eigenvalue weighted by molar-refractivity contribution is 0.261. The minimum absolute atomic E-state index is 0.514. The molecule has 2 aromatic carbocycles. The highest BCUT2D eigenvalue weighted by molar-refractivity contribution is 5.32. The molecule has 1 fully saturated rings. The molecule has 110 valence electrons. The molecule has 1 unspecified atom stereocenters. The van der Waals surface area contributed by atoms with E-state index in [1.165, 1.54) is 43.5 Å². The van der Waals surface area contributed by atoms with Crippen LogP contribution in [0.2, 0.25) is 0 Å². The van der Waals surface area contributed by atoms with Gasteiger partial charge in [-0.3, -0.25) is 0 Å². The second-order valence-corrected chi connectivity index (χ2v) is 6.19. The number of benzene rings is 2. The molecule has 0 N–H and O–H groups in total. The maximum absolute atomic E-state index is 2.65. The van der Waals surface area contributed by atoms with Gasteiger partial charge in [-0.25, -0.2) is 0 Å². The number of nitrogens with zero attached hydrogens (tertiary/aromatic N) is 1. The molecule has 1 saturated heterocycles. The zero-order valence-electron chi connectivity index (χ0n) is 12.9. The molecular formula is C20H25N. The zero-order valence-corrected chi connectivity index (χ0v) is 12.9. The first-order valence-corrected chi connectivity index (χ1v) is 8.18. The van der Waals surface area contributed by atoms with Gasteiger partial charge in [-0.2, -0.15) is 0 Å². The van der Waals surface area contributed by atoms with Gasteiger partial charge in [-0.1, -0.05) is 60.7 Å². The van der Waals surface area contributed by atoms with Gasteiger partial charge in [-0.15, -0.1) is 0 Å². The first-order valence-electron chi connectivity index (χ1n) is 8.18. The van der Waals surface area contributed by atoms with Gasteiger partial charge in [0.05, 0.1) is 0 Å². The van der Waals surface area contributed by atoms with Crippen molar-refractivity contribution in [3.8, 4) is 0 Å². The third-order valence-electron chi connectivity index (χ3n) is 4.80. The molecule has 1 nitrogen and oxygen atoms in total. The van der Waals surface area contributed by atoms with Crippen LogP contribution in [-0.2, 0) is 0 Å². The zero-order chi connectivity index (χ0) is 14.5. The molecule has 0 spiro atoms. The van der Waals surface area contributed by atoms with Crippen molar-refractivity contribution in [3.63, 3.8) is 0 Å². The van der Waals surface area contributed by atoms with Crippen LogP contribution in [-0.4, -0.2) is 24.0 Å². The van der Waals surface area contributed by atoms with Crippen LogP contribution >= 0.6 is 0 Å². The summed E-state index contributed by atoms with van der Waals surface area (Å²) in [7, 11) is 0. The van der Waals surface area contributed by atoms with E-state index in [9.17, 15) is 0 Å². The standard InChI is InChI=1S/C20H25N/c1-17-9-8-15-21(17)16-14-20(18-10-4-2-5-11-18)19-12-6-3-7-13-19/h2-7,10-13,17,20H,8-9,14-16H2,1H3. The number of hydrogen-bond donors (Lipinski definition) is 0. The minimum atomic E-state index is 0.514. The highest BCUT2D eigenvalue weighted by atomic mass is 15.2. The van der Waals surface area contributed by atoms with Crippen LogP contribution in [0.4, 0.5) is 0 Å². The summed E-state index contributed by atoms with van der Waals surface area (Å²) in [6, 6.07) is 22.7. The first-order chi connectivity index (χ1) is 10.3. The second-order valence-electron chi connectivity index (χ2n) is 6.19. The third-order valence-corrected chi connectivity index (χ3v) is 4.80. The fourth-order valence-electron chi connectivity index (χ4n) is 3.52. The van der Waals surface area contributed by atoms with Crippen molar-refractivity contribution in [1.29, 1.82) is 0 Å². The molecule has 2 aromatic rings. The van der Waals surface area contributed by atoms with E-state index in [0.717, 1.165) is 6.04 Å². The van der Waals surface area contributed by atoms with Crippen LogP contribution in [0, 0.1) is 0 Å². The van der Waals surface area contributed by atoms with Crippen molar-refractivity contribution >= 4 is 0 Å². The van der Waals surface area contributed by atoms with Crippen LogP contribution in [0.1, 0.15) is 43.2 Å². The molecule has 0 amide bonds. The maximum Gasteiger partial charge on any atom is 0.0101 e. The van der Waals surface area contributed by atoms with Gasteiger partial charge in [0.1, 0.15) is 0 Å². The largest absolute Gasteiger partial charge is 0.301 e. The molecule has 0 aliphatic carbocycles. The molecule has 1 atom stereocenters. The van der Waals surface area contributed by atoms with E-state index < -0.39 is 0 Å². The number of likely N-dealkylation sites (tertiary alicyclic amines) is 1. The van der Waals surface area contributed by atoms with Gasteiger partial charge in [0.2, 0.25) is 0 Å². The van der Waals surface area contributed by atoms with Crippen molar-refractivity contribution in [3.05, 3.63) is 71.8 Å². The lowest BCUT2D eigenvalue weighted by Gasteiger charge is -2.25. The Balaban J connectivity index is 1.76. The predicted molar refractivity (Wildman–Crippen MR) is 89.6 cm³/mol. The predicted octanol–water partition coefficient (Wildman–Crippen LogP) is 4.69. The van der Waals surface area contributed by atoms with Crippen molar-refractivity contribution in [2.24, 2.45) is 0 Å². The van der Waals surface area contributed by atoms with Crippen LogP contribution in [0.3, 0.4) is 0 Å². The lowest BCUT2D eigenvalue weighted by atomic mass is 9.88. The monoisotopic (exact) mass is 279 g/mol. The van der Waals surface area contributed by atoms with Crippen molar-refractivity contribution < 1.29 is 0 Å². The van der Waals surface area contributed by atoms with Gasteiger partial charge in [-0.05, 0) is 50.4 Å². The van der Waals surface area contributed by atoms with Gasteiger partial charge in [0.25, 0.3) is 0 Å². The summed E-state index contributed by atoms with van der Waals surface area (Å²) in [5.74, 6) is 0.514. The summed E-state index contributed by atoms with van der Waals surface area (Å²) in [4.78, 5) is 2.65. The Bertz CT molecular complexity index is 495. The SMILES string of the molecule is CC1CCCN1CCC(c1ccccc1)c1ccccc1. The molecule has 3 rings (SSSR count). The van der Waals surface area contributed by atoms with E-state index in [2.05, 4.69) is 72.5 Å². The summed E-state index contributed by atoms with van der Waals surface area (Å²) < 4.78 is 0. The highest BCUT2D eigenvalue weighted by Gasteiger charge is 2.22. The van der Waals surface area contributed by atoms with Gasteiger partial charge in [0.15, 0.2) is 0 Å². The van der Waals surface area contributed by atoms with Gasteiger partial charge in [0, 0.05) is 12.0 Å². The summed E-state index contributed by atoms with van der Waals surface area (Å²) >= 11 is 0. The van der Waals surface area contributed by atoms with Crippen LogP contribution in [0.25, 0.3) is 0 Å². The van der Waals surface area contributed by atoms with E-state index in [1.807, 2.05) is 0 Å². The van der Waals surface area contributed by atoms with Gasteiger partial charge < -0.3 is 4.90 Å². The molecule has 1 heterocycles. The summed E-state index contributed by atoms with van der Waals surface area (Å²) in [5, 5.41) is 0. The Morgan fingerprint density at radius 3 is 2.00 bits per heavy atom. The quantitative estimate of drug-likeness (QED) is 0.767. The Morgan fingerprint density at radius 1 is 0.952 bits per heavy atom. The van der Waals surface area contributed by atoms with Crippen molar-refractivity contribution in [2.75, 3.05) is 13.1 Å². The topological polar surface area (TPSA) is 3.24 Å². The Labute approximate surface area is 128 Å². The maximum atomic E-state index is 2.65. The van der Waals surface area contributed by atoms with Crippen molar-refractivity contribution in [2.45, 2.75) is 38.1 Å². The molecule has 0 saturated carbocycles. The summed E-state index contributed by atoms with van der Waals surface area (Å²) in [6.45, 7) is 4.85. The van der Waals surface area contributed by atoms with E-state index >= 15 is 0 Å². The molecule has 21 heavy (non-hydrogen) atoms. The summed E-state index contributed by atoms with van der Waals surface area (Å²) in [6.07, 6.45) is 3.93. The smallest absolute Gasteiger partial charge is 0.0101 e. The third kappa shape index (κ3) is 3.54. The molecule has 1 aliphatic rings. The Morgan fingerprint density at radius 2 is 1.52 bits per heavy atom. The molecule has 0 bridgehead atoms. The molecule has 1 heteroatoms. The fourth-order valence-corrected chi connectivity index (χ4v) is 3.52. The van der Waals surface area contributed by atoms with Crippen LogP contribution < -0.4 is 0 Å². The normalized spacial score (nSPS) is 19.2. The van der Waals surface area contributed by atoms with E-state index in [4.69, 9.17) is 0 Å². The molecule has 0 radical (unpaired) electrons.